The highest BCUT2D eigenvalue weighted by molar-refractivity contribution is 6.32. The number of rotatable bonds is 7. The lowest BCUT2D eigenvalue weighted by Crippen LogP contribution is -2.47. The van der Waals surface area contributed by atoms with Crippen LogP contribution in [-0.4, -0.2) is 58.7 Å². The summed E-state index contributed by atoms with van der Waals surface area (Å²) in [6.45, 7) is 8.07. The van der Waals surface area contributed by atoms with Crippen molar-refractivity contribution in [3.05, 3.63) is 88.2 Å². The van der Waals surface area contributed by atoms with Crippen molar-refractivity contribution in [3.63, 3.8) is 0 Å². The van der Waals surface area contributed by atoms with Gasteiger partial charge in [-0.2, -0.15) is 13.2 Å². The molecule has 2 aromatic carbocycles. The Morgan fingerprint density at radius 1 is 1.09 bits per heavy atom. The zero-order valence-electron chi connectivity index (χ0n) is 25.0. The van der Waals surface area contributed by atoms with Crippen LogP contribution >= 0.6 is 11.6 Å². The third kappa shape index (κ3) is 6.82. The second-order valence-corrected chi connectivity index (χ2v) is 13.0. The molecule has 4 aromatic rings. The minimum absolute atomic E-state index is 0.0227. The summed E-state index contributed by atoms with van der Waals surface area (Å²) in [6, 6.07) is 12.5. The monoisotopic (exact) mass is 638 g/mol. The second-order valence-electron chi connectivity index (χ2n) is 12.6. The van der Waals surface area contributed by atoms with Crippen molar-refractivity contribution in [3.8, 4) is 11.5 Å². The van der Waals surface area contributed by atoms with E-state index in [0.29, 0.717) is 11.3 Å². The van der Waals surface area contributed by atoms with Gasteiger partial charge in [0.2, 0.25) is 0 Å². The Morgan fingerprint density at radius 2 is 1.87 bits per heavy atom. The lowest BCUT2D eigenvalue weighted by molar-refractivity contribution is -0.137. The molecule has 236 valence electrons. The number of nitrogens with zero attached hydrogens (tertiary/aromatic N) is 3. The third-order valence-corrected chi connectivity index (χ3v) is 9.07. The summed E-state index contributed by atoms with van der Waals surface area (Å²) in [7, 11) is 0. The summed E-state index contributed by atoms with van der Waals surface area (Å²) in [5, 5.41) is 10.8. The number of hydrogen-bond acceptors (Lipinski definition) is 5. The molecular formula is C34H34ClF3N4O3. The Bertz CT molecular complexity index is 1770. The molecule has 1 aliphatic carbocycles. The number of ether oxygens (including phenoxy) is 1. The molecule has 0 saturated carbocycles. The lowest BCUT2D eigenvalue weighted by Gasteiger charge is -2.39. The number of allylic oxidation sites excluding steroid dienone is 1. The van der Waals surface area contributed by atoms with Crippen LogP contribution in [0.1, 0.15) is 54.6 Å². The van der Waals surface area contributed by atoms with E-state index in [2.05, 4.69) is 33.6 Å². The molecular weight excluding hydrogens is 605 g/mol. The Hall–Kier alpha value is -4.02. The number of anilines is 1. The number of alkyl halides is 3. The van der Waals surface area contributed by atoms with E-state index in [1.54, 1.807) is 30.6 Å². The number of hydrogen-bond donors (Lipinski definition) is 2. The third-order valence-electron chi connectivity index (χ3n) is 8.76. The number of halogens is 4. The number of H-pyrrole nitrogens is 1. The average molecular weight is 639 g/mol. The zero-order valence-corrected chi connectivity index (χ0v) is 25.8. The second kappa shape index (κ2) is 12.1. The summed E-state index contributed by atoms with van der Waals surface area (Å²) < 4.78 is 45.9. The molecule has 6 rings (SSSR count). The lowest BCUT2D eigenvalue weighted by atomic mass is 9.72. The van der Waals surface area contributed by atoms with Crippen LogP contribution in [0.15, 0.2) is 66.5 Å². The van der Waals surface area contributed by atoms with Crippen LogP contribution in [0.4, 0.5) is 18.9 Å². The summed E-state index contributed by atoms with van der Waals surface area (Å²) in [6.07, 6.45) is 1.50. The molecule has 0 atom stereocenters. The van der Waals surface area contributed by atoms with Crippen molar-refractivity contribution in [1.29, 1.82) is 0 Å². The summed E-state index contributed by atoms with van der Waals surface area (Å²) >= 11 is 6.47. The molecule has 0 spiro atoms. The maximum Gasteiger partial charge on any atom is 0.416 e. The van der Waals surface area contributed by atoms with E-state index in [-0.39, 0.29) is 21.8 Å². The Labute approximate surface area is 264 Å². The van der Waals surface area contributed by atoms with E-state index >= 15 is 0 Å². The zero-order chi connectivity index (χ0) is 31.9. The fraction of sp³-hybridized carbons (Fsp3) is 0.353. The van der Waals surface area contributed by atoms with Crippen LogP contribution in [-0.2, 0) is 6.18 Å². The van der Waals surface area contributed by atoms with Gasteiger partial charge in [0.25, 0.3) is 0 Å². The van der Waals surface area contributed by atoms with Gasteiger partial charge in [-0.1, -0.05) is 37.1 Å². The van der Waals surface area contributed by atoms with E-state index in [9.17, 15) is 23.1 Å². The fourth-order valence-corrected chi connectivity index (χ4v) is 6.53. The molecule has 0 radical (unpaired) electrons. The number of fused-ring (bicyclic) bond motifs is 1. The predicted octanol–water partition coefficient (Wildman–Crippen LogP) is 8.51. The van der Waals surface area contributed by atoms with Crippen molar-refractivity contribution in [1.82, 2.24) is 14.9 Å². The number of piperazine rings is 1. The molecule has 2 N–H and O–H groups in total. The first-order valence-electron chi connectivity index (χ1n) is 14.9. The van der Waals surface area contributed by atoms with Crippen molar-refractivity contribution in [2.24, 2.45) is 5.41 Å². The van der Waals surface area contributed by atoms with Gasteiger partial charge in [0, 0.05) is 61.1 Å². The van der Waals surface area contributed by atoms with Crippen molar-refractivity contribution in [2.45, 2.75) is 39.3 Å². The topological polar surface area (TPSA) is 81.7 Å². The highest BCUT2D eigenvalue weighted by Gasteiger charge is 2.33. The van der Waals surface area contributed by atoms with E-state index in [0.717, 1.165) is 86.4 Å². The predicted molar refractivity (Wildman–Crippen MR) is 169 cm³/mol. The first kappa shape index (κ1) is 31.0. The van der Waals surface area contributed by atoms with Crippen LogP contribution in [0.3, 0.4) is 0 Å². The van der Waals surface area contributed by atoms with Gasteiger partial charge in [-0.25, -0.2) is 9.78 Å². The van der Waals surface area contributed by atoms with Crippen LogP contribution in [0.25, 0.3) is 16.6 Å². The smallest absolute Gasteiger partial charge is 0.416 e. The number of aromatic nitrogens is 2. The van der Waals surface area contributed by atoms with E-state index in [1.165, 1.54) is 11.6 Å². The normalized spacial score (nSPS) is 17.6. The van der Waals surface area contributed by atoms with Gasteiger partial charge in [-0.15, -0.1) is 0 Å². The molecule has 1 saturated heterocycles. The van der Waals surface area contributed by atoms with E-state index < -0.39 is 17.7 Å². The Balaban J connectivity index is 1.18. The summed E-state index contributed by atoms with van der Waals surface area (Å²) in [5.74, 6) is -0.392. The van der Waals surface area contributed by atoms with Gasteiger partial charge in [0.1, 0.15) is 22.7 Å². The number of carboxylic acids is 1. The molecule has 0 bridgehead atoms. The average Bonchev–Trinajstić information content (AvgIpc) is 3.46. The van der Waals surface area contributed by atoms with Crippen LogP contribution in [0.5, 0.6) is 11.5 Å². The molecule has 7 nitrogen and oxygen atoms in total. The molecule has 3 heterocycles. The molecule has 45 heavy (non-hydrogen) atoms. The van der Waals surface area contributed by atoms with Crippen molar-refractivity contribution >= 4 is 39.9 Å². The maximum atomic E-state index is 13.3. The molecule has 1 aliphatic heterocycles. The van der Waals surface area contributed by atoms with Gasteiger partial charge in [-0.3, -0.25) is 4.90 Å². The van der Waals surface area contributed by atoms with Crippen molar-refractivity contribution < 1.29 is 27.8 Å². The maximum absolute atomic E-state index is 13.3. The fourth-order valence-electron chi connectivity index (χ4n) is 6.23. The van der Waals surface area contributed by atoms with Crippen LogP contribution in [0.2, 0.25) is 5.02 Å². The number of aromatic carboxylic acids is 1. The van der Waals surface area contributed by atoms with Gasteiger partial charge in [0.05, 0.1) is 11.8 Å². The van der Waals surface area contributed by atoms with E-state index in [4.69, 9.17) is 16.3 Å². The SMILES string of the molecule is CC1(C)CCC(CN2CCN(c3ccc(C(=O)O)c(Oc4cnc5[nH]ccc5c4)c3)CC2)=C(c2ccc(C(F)(F)F)cc2Cl)C1. The molecule has 0 unspecified atom stereocenters. The first-order chi connectivity index (χ1) is 21.4. The van der Waals surface area contributed by atoms with Crippen molar-refractivity contribution in [2.75, 3.05) is 37.6 Å². The largest absolute Gasteiger partial charge is 0.478 e. The standard InChI is InChI=1S/C34H34ClF3N4O3/c1-33(2)9-7-22(28(18-33)26-5-3-23(16-29(26)35)34(36,37)38)20-41-11-13-42(14-12-41)24-4-6-27(32(43)44)30(17-24)45-25-15-21-8-10-39-31(21)40-19-25/h3-6,8,10,15-17,19H,7,9,11-14,18,20H2,1-2H3,(H,39,40)(H,43,44). The van der Waals surface area contributed by atoms with Gasteiger partial charge in [0.15, 0.2) is 0 Å². The number of benzene rings is 2. The number of carboxylic acid groups (broad SMARTS) is 1. The molecule has 11 heteroatoms. The summed E-state index contributed by atoms with van der Waals surface area (Å²) in [5.41, 5.74) is 3.87. The van der Waals surface area contributed by atoms with Gasteiger partial charge in [-0.05, 0) is 72.2 Å². The van der Waals surface area contributed by atoms with Crippen LogP contribution < -0.4 is 9.64 Å². The first-order valence-corrected chi connectivity index (χ1v) is 15.3. The molecule has 0 amide bonds. The Morgan fingerprint density at radius 3 is 2.58 bits per heavy atom. The number of aromatic amines is 1. The number of carbonyl (C=O) groups is 1. The Kier molecular flexibility index (Phi) is 8.30. The molecule has 1 fully saturated rings. The number of nitrogens with one attached hydrogen (secondary N) is 1. The highest BCUT2D eigenvalue weighted by Crippen LogP contribution is 2.45. The van der Waals surface area contributed by atoms with E-state index in [1.807, 2.05) is 12.1 Å². The quantitative estimate of drug-likeness (QED) is 0.211. The number of pyridine rings is 1. The van der Waals surface area contributed by atoms with Gasteiger partial charge < -0.3 is 19.7 Å². The molecule has 2 aromatic heterocycles. The van der Waals surface area contributed by atoms with Crippen LogP contribution in [0, 0.1) is 5.41 Å². The summed E-state index contributed by atoms with van der Waals surface area (Å²) in [4.78, 5) is 23.9. The molecule has 2 aliphatic rings. The minimum Gasteiger partial charge on any atom is -0.478 e. The van der Waals surface area contributed by atoms with Gasteiger partial charge >= 0.3 is 12.1 Å². The minimum atomic E-state index is -4.44. The highest BCUT2D eigenvalue weighted by atomic mass is 35.5.